The summed E-state index contributed by atoms with van der Waals surface area (Å²) in [6.07, 6.45) is 4.98. The molecule has 0 radical (unpaired) electrons. The lowest BCUT2D eigenvalue weighted by molar-refractivity contribution is 0.0598. The van der Waals surface area contributed by atoms with Gasteiger partial charge >= 0.3 is 5.97 Å². The number of ether oxygens (including phenoxy) is 3. The van der Waals surface area contributed by atoms with Gasteiger partial charge in [-0.1, -0.05) is 18.2 Å². The number of nitrogens with one attached hydrogen (secondary N) is 1. The van der Waals surface area contributed by atoms with E-state index < -0.39 is 5.97 Å². The summed E-state index contributed by atoms with van der Waals surface area (Å²) in [6, 6.07) is 19.6. The highest BCUT2D eigenvalue weighted by molar-refractivity contribution is 5.93. The molecule has 3 heterocycles. The highest BCUT2D eigenvalue weighted by atomic mass is 16.5. The molecular weight excluding hydrogens is 420 g/mol. The normalized spacial score (nSPS) is 10.7. The molecule has 5 rings (SSSR count). The molecule has 0 fully saturated rings. The first-order chi connectivity index (χ1) is 16.2. The summed E-state index contributed by atoms with van der Waals surface area (Å²) >= 11 is 0. The minimum Gasteiger partial charge on any atom is -0.465 e. The van der Waals surface area contributed by atoms with Crippen LogP contribution in [-0.4, -0.2) is 33.0 Å². The molecule has 0 aliphatic rings. The van der Waals surface area contributed by atoms with E-state index in [-0.39, 0.29) is 0 Å². The third-order valence-electron chi connectivity index (χ3n) is 4.82. The number of methoxy groups -OCH3 is 1. The van der Waals surface area contributed by atoms with Crippen molar-refractivity contribution in [2.24, 2.45) is 0 Å². The van der Waals surface area contributed by atoms with Gasteiger partial charge in [-0.15, -0.1) is 0 Å². The maximum atomic E-state index is 12.2. The van der Waals surface area contributed by atoms with E-state index in [2.05, 4.69) is 15.0 Å². The van der Waals surface area contributed by atoms with E-state index in [0.29, 0.717) is 51.1 Å². The quantitative estimate of drug-likeness (QED) is 0.355. The standard InChI is InChI=1S/C25H18N4O4/c1-31-25(30)18-8-2-3-10-21(18)33-22-14-17(32-16-7-6-11-26-15-16)13-20-23(22)29-24(28-20)19-9-4-5-12-27-19/h2-15H,1H3,(H,28,29). The van der Waals surface area contributed by atoms with Crippen molar-refractivity contribution in [1.82, 2.24) is 19.9 Å². The van der Waals surface area contributed by atoms with Crippen LogP contribution in [0.15, 0.2) is 85.3 Å². The fraction of sp³-hybridized carbons (Fsp3) is 0.0400. The molecule has 1 N–H and O–H groups in total. The number of benzene rings is 2. The molecular formula is C25H18N4O4. The van der Waals surface area contributed by atoms with Crippen LogP contribution in [0.4, 0.5) is 0 Å². The molecule has 162 valence electrons. The number of hydrogen-bond donors (Lipinski definition) is 1. The monoisotopic (exact) mass is 438 g/mol. The summed E-state index contributed by atoms with van der Waals surface area (Å²) in [5.41, 5.74) is 2.23. The number of aromatic amines is 1. The average molecular weight is 438 g/mol. The number of carbonyl (C=O) groups excluding carboxylic acids is 1. The van der Waals surface area contributed by atoms with Crippen molar-refractivity contribution in [2.75, 3.05) is 7.11 Å². The average Bonchev–Trinajstić information content (AvgIpc) is 3.30. The largest absolute Gasteiger partial charge is 0.465 e. The third-order valence-corrected chi connectivity index (χ3v) is 4.82. The Bertz CT molecular complexity index is 1420. The maximum absolute atomic E-state index is 12.2. The number of pyridine rings is 2. The van der Waals surface area contributed by atoms with Gasteiger partial charge in [0, 0.05) is 24.5 Å². The van der Waals surface area contributed by atoms with Gasteiger partial charge in [-0.3, -0.25) is 9.97 Å². The lowest BCUT2D eigenvalue weighted by Gasteiger charge is -2.12. The van der Waals surface area contributed by atoms with Crippen molar-refractivity contribution >= 4 is 17.0 Å². The molecule has 8 nitrogen and oxygen atoms in total. The summed E-state index contributed by atoms with van der Waals surface area (Å²) in [6.45, 7) is 0. The van der Waals surface area contributed by atoms with Crippen LogP contribution in [0.25, 0.3) is 22.6 Å². The predicted molar refractivity (Wildman–Crippen MR) is 121 cm³/mol. The fourth-order valence-corrected chi connectivity index (χ4v) is 3.32. The number of aromatic nitrogens is 4. The zero-order valence-corrected chi connectivity index (χ0v) is 17.6. The van der Waals surface area contributed by atoms with Gasteiger partial charge in [0.2, 0.25) is 0 Å². The third kappa shape index (κ3) is 4.22. The number of esters is 1. The van der Waals surface area contributed by atoms with Gasteiger partial charge in [0.05, 0.1) is 18.8 Å². The number of imidazole rings is 1. The van der Waals surface area contributed by atoms with Crippen LogP contribution in [-0.2, 0) is 4.74 Å². The smallest absolute Gasteiger partial charge is 0.341 e. The number of para-hydroxylation sites is 1. The number of rotatable bonds is 6. The molecule has 0 saturated carbocycles. The van der Waals surface area contributed by atoms with Crippen molar-refractivity contribution < 1.29 is 19.0 Å². The molecule has 3 aromatic heterocycles. The summed E-state index contributed by atoms with van der Waals surface area (Å²) in [5.74, 6) is 1.91. The summed E-state index contributed by atoms with van der Waals surface area (Å²) < 4.78 is 17.0. The lowest BCUT2D eigenvalue weighted by atomic mass is 10.2. The highest BCUT2D eigenvalue weighted by Gasteiger charge is 2.18. The minimum absolute atomic E-state index is 0.298. The Balaban J connectivity index is 1.62. The van der Waals surface area contributed by atoms with Crippen LogP contribution in [0.3, 0.4) is 0 Å². The predicted octanol–water partition coefficient (Wildman–Crippen LogP) is 5.39. The zero-order valence-electron chi connectivity index (χ0n) is 17.6. The van der Waals surface area contributed by atoms with E-state index in [1.807, 2.05) is 24.3 Å². The molecule has 0 saturated heterocycles. The molecule has 0 atom stereocenters. The first kappa shape index (κ1) is 20.2. The van der Waals surface area contributed by atoms with Crippen LogP contribution in [0.5, 0.6) is 23.0 Å². The first-order valence-corrected chi connectivity index (χ1v) is 10.1. The summed E-state index contributed by atoms with van der Waals surface area (Å²) in [7, 11) is 1.33. The second-order valence-corrected chi connectivity index (χ2v) is 7.00. The second-order valence-electron chi connectivity index (χ2n) is 7.00. The SMILES string of the molecule is COC(=O)c1ccccc1Oc1cc(Oc2cccnc2)cc2[nH]c(-c3ccccn3)nc12. The second kappa shape index (κ2) is 8.80. The maximum Gasteiger partial charge on any atom is 0.341 e. The molecule has 0 aliphatic carbocycles. The number of fused-ring (bicyclic) bond motifs is 1. The number of carbonyl (C=O) groups is 1. The van der Waals surface area contributed by atoms with Crippen molar-refractivity contribution in [1.29, 1.82) is 0 Å². The van der Waals surface area contributed by atoms with Gasteiger partial charge in [-0.25, -0.2) is 9.78 Å². The van der Waals surface area contributed by atoms with E-state index >= 15 is 0 Å². The van der Waals surface area contributed by atoms with E-state index in [4.69, 9.17) is 19.2 Å². The Morgan fingerprint density at radius 2 is 1.76 bits per heavy atom. The van der Waals surface area contributed by atoms with Gasteiger partial charge in [0.25, 0.3) is 0 Å². The Labute approximate surface area is 188 Å². The first-order valence-electron chi connectivity index (χ1n) is 10.1. The van der Waals surface area contributed by atoms with Gasteiger partial charge in [0.1, 0.15) is 34.0 Å². The molecule has 8 heteroatoms. The van der Waals surface area contributed by atoms with Crippen LogP contribution >= 0.6 is 0 Å². The van der Waals surface area contributed by atoms with E-state index in [1.54, 1.807) is 61.1 Å². The molecule has 0 bridgehead atoms. The molecule has 0 unspecified atom stereocenters. The Kier molecular flexibility index (Phi) is 5.38. The van der Waals surface area contributed by atoms with Crippen molar-refractivity contribution in [3.05, 3.63) is 90.9 Å². The fourth-order valence-electron chi connectivity index (χ4n) is 3.32. The number of hydrogen-bond acceptors (Lipinski definition) is 7. The van der Waals surface area contributed by atoms with Gasteiger partial charge in [-0.05, 0) is 36.4 Å². The summed E-state index contributed by atoms with van der Waals surface area (Å²) in [4.78, 5) is 28.6. The Morgan fingerprint density at radius 3 is 2.55 bits per heavy atom. The molecule has 2 aromatic carbocycles. The van der Waals surface area contributed by atoms with Crippen LogP contribution in [0.1, 0.15) is 10.4 Å². The van der Waals surface area contributed by atoms with Crippen molar-refractivity contribution in [2.45, 2.75) is 0 Å². The minimum atomic E-state index is -0.499. The molecule has 0 amide bonds. The zero-order chi connectivity index (χ0) is 22.6. The highest BCUT2D eigenvalue weighted by Crippen LogP contribution is 2.37. The van der Waals surface area contributed by atoms with E-state index in [0.717, 1.165) is 0 Å². The topological polar surface area (TPSA) is 99.2 Å². The van der Waals surface area contributed by atoms with Crippen LogP contribution in [0.2, 0.25) is 0 Å². The van der Waals surface area contributed by atoms with Crippen LogP contribution < -0.4 is 9.47 Å². The lowest BCUT2D eigenvalue weighted by Crippen LogP contribution is -2.03. The Hall–Kier alpha value is -4.72. The molecule has 33 heavy (non-hydrogen) atoms. The van der Waals surface area contributed by atoms with Gasteiger partial charge < -0.3 is 19.2 Å². The van der Waals surface area contributed by atoms with E-state index in [1.165, 1.54) is 7.11 Å². The van der Waals surface area contributed by atoms with Crippen LogP contribution in [0, 0.1) is 0 Å². The number of nitrogens with zero attached hydrogens (tertiary/aromatic N) is 3. The Morgan fingerprint density at radius 1 is 0.879 bits per heavy atom. The van der Waals surface area contributed by atoms with E-state index in [9.17, 15) is 4.79 Å². The molecule has 0 spiro atoms. The van der Waals surface area contributed by atoms with Crippen molar-refractivity contribution in [3.63, 3.8) is 0 Å². The number of H-pyrrole nitrogens is 1. The van der Waals surface area contributed by atoms with Gasteiger partial charge in [-0.2, -0.15) is 0 Å². The summed E-state index contributed by atoms with van der Waals surface area (Å²) in [5, 5.41) is 0. The molecule has 0 aliphatic heterocycles. The molecule has 5 aromatic rings. The van der Waals surface area contributed by atoms with Gasteiger partial charge in [0.15, 0.2) is 11.6 Å². The van der Waals surface area contributed by atoms with Crippen molar-refractivity contribution in [3.8, 4) is 34.5 Å².